The smallest absolute Gasteiger partial charge is 0.306 e. The first-order valence-corrected chi connectivity index (χ1v) is 29.1. The second-order valence-corrected chi connectivity index (χ2v) is 25.9. The maximum Gasteiger partial charge on any atom is 0.306 e. The number of esters is 1. The molecule has 470 valence electrons. The molecule has 32 atom stereocenters. The Labute approximate surface area is 474 Å². The van der Waals surface area contributed by atoms with Crippen LogP contribution in [0.1, 0.15) is 99.3 Å². The van der Waals surface area contributed by atoms with Gasteiger partial charge < -0.3 is 129 Å². The number of aliphatic hydroxyl groups is 15. The molecule has 0 unspecified atom stereocenters. The number of rotatable bonds is 14. The molecule has 0 bridgehead atoms. The summed E-state index contributed by atoms with van der Waals surface area (Å²) in [4.78, 5) is 12.8. The van der Waals surface area contributed by atoms with Gasteiger partial charge in [0, 0.05) is 16.7 Å². The SMILES string of the molecule is C[C@@H]1O[C@@H](O[C@H]2[C@H](O[C@H]3[C@H](OC[C@H]4O[C@@H](O[C@H]5CC[C@]6(C)C7=C(CC[C@H]6[C@@]5(C)CO)[C@]5(C)CC[C@@]6(OC(=O)C[C@H]6C)[C@@]5(C)CC7)[C@H](O)[C@@H](O)[C@@H]4O)OC[C@H](O)[C@@H]3O)O[C@H](CO)[C@@H](O[C@@H]3O[C@H](CO)[C@@H](O)[C@H](O)[C@H]3O)[C@@H]2O)[C@H](O)[C@H](O)[C@H]1O. The Hall–Kier alpha value is -1.79. The average molecular weight is 1180 g/mol. The van der Waals surface area contributed by atoms with Crippen molar-refractivity contribution < 1.29 is 133 Å². The molecule has 82 heavy (non-hydrogen) atoms. The van der Waals surface area contributed by atoms with E-state index in [1.807, 2.05) is 6.92 Å². The highest BCUT2D eigenvalue weighted by atomic mass is 16.8. The van der Waals surface area contributed by atoms with Gasteiger partial charge in [-0.2, -0.15) is 0 Å². The minimum atomic E-state index is -2.09. The minimum Gasteiger partial charge on any atom is -0.458 e. The first-order valence-electron chi connectivity index (χ1n) is 29.1. The lowest BCUT2D eigenvalue weighted by molar-refractivity contribution is -0.403. The molecule has 0 radical (unpaired) electrons. The number of hydrogen-bond acceptors (Lipinski definition) is 27. The first kappa shape index (κ1) is 63.2. The van der Waals surface area contributed by atoms with E-state index < -0.39 is 191 Å². The van der Waals surface area contributed by atoms with Gasteiger partial charge in [-0.3, -0.25) is 4.79 Å². The number of carbonyl (C=O) groups excluding carboxylic acids is 1. The van der Waals surface area contributed by atoms with Crippen molar-refractivity contribution >= 4 is 5.97 Å². The Kier molecular flexibility index (Phi) is 18.2. The number of hydrogen-bond donors (Lipinski definition) is 15. The number of aliphatic hydroxyl groups excluding tert-OH is 15. The van der Waals surface area contributed by atoms with Gasteiger partial charge in [0.2, 0.25) is 0 Å². The molecule has 27 nitrogen and oxygen atoms in total. The highest BCUT2D eigenvalue weighted by molar-refractivity contribution is 5.73. The van der Waals surface area contributed by atoms with Crippen LogP contribution in [0.2, 0.25) is 0 Å². The fourth-order valence-electron chi connectivity index (χ4n) is 16.5. The predicted octanol–water partition coefficient (Wildman–Crippen LogP) is -4.44. The summed E-state index contributed by atoms with van der Waals surface area (Å²) in [5.74, 6) is -0.114. The highest BCUT2D eigenvalue weighted by Crippen LogP contribution is 2.75. The third kappa shape index (κ3) is 10.2. The van der Waals surface area contributed by atoms with E-state index in [1.165, 1.54) is 18.1 Å². The lowest BCUT2D eigenvalue weighted by atomic mass is 9.42. The van der Waals surface area contributed by atoms with Gasteiger partial charge in [0.25, 0.3) is 0 Å². The van der Waals surface area contributed by atoms with Gasteiger partial charge in [0.15, 0.2) is 31.5 Å². The van der Waals surface area contributed by atoms with Crippen molar-refractivity contribution in [3.05, 3.63) is 11.1 Å². The van der Waals surface area contributed by atoms with Crippen LogP contribution in [0.5, 0.6) is 0 Å². The molecular weight excluding hydrogens is 1090 g/mol. The third-order valence-corrected chi connectivity index (χ3v) is 21.7. The normalized spacial score (nSPS) is 55.3. The molecule has 0 aromatic heterocycles. The Morgan fingerprint density at radius 2 is 1.11 bits per heavy atom. The molecule has 1 spiro atoms. The van der Waals surface area contributed by atoms with Gasteiger partial charge in [-0.05, 0) is 75.0 Å². The Morgan fingerprint density at radius 1 is 0.537 bits per heavy atom. The van der Waals surface area contributed by atoms with Gasteiger partial charge >= 0.3 is 5.97 Å². The maximum atomic E-state index is 12.8. The van der Waals surface area contributed by atoms with E-state index in [-0.39, 0.29) is 40.7 Å². The van der Waals surface area contributed by atoms with E-state index in [0.717, 1.165) is 38.5 Å². The summed E-state index contributed by atoms with van der Waals surface area (Å²) in [5, 5.41) is 164. The molecule has 8 fully saturated rings. The van der Waals surface area contributed by atoms with E-state index in [1.54, 1.807) is 0 Å². The van der Waals surface area contributed by atoms with Crippen molar-refractivity contribution in [1.82, 2.24) is 0 Å². The zero-order chi connectivity index (χ0) is 59.5. The van der Waals surface area contributed by atoms with Crippen molar-refractivity contribution in [2.45, 2.75) is 258 Å². The fraction of sp³-hybridized carbons (Fsp3) is 0.945. The summed E-state index contributed by atoms with van der Waals surface area (Å²) < 4.78 is 66.2. The van der Waals surface area contributed by atoms with E-state index in [2.05, 4.69) is 27.7 Å². The van der Waals surface area contributed by atoms with Crippen LogP contribution in [0.25, 0.3) is 0 Å². The fourth-order valence-corrected chi connectivity index (χ4v) is 16.5. The van der Waals surface area contributed by atoms with Crippen LogP contribution in [0.4, 0.5) is 0 Å². The Bertz CT molecular complexity index is 2280. The standard InChI is InChI=1S/C55H88O27/c1-21-15-31(60)82-55(21)14-13-53(5)24-7-8-29-51(3,23(24)9-12-54(53,55)6)11-10-30(52(29,4)20-58)78-47-40(69)38(67)35(64)28(77-47)19-73-49-44(33(62)25(59)18-72-49)81-50-45(80-46-39(68)36(65)32(61)22(2)74-46)42(71)43(27(17-57)76-50)79-48-41(70)37(66)34(63)26(16-56)75-48/h21-22,25-30,32-50,56-59,61-71H,7-20H2,1-6H3/t21-,22+,25+,26-,27-,28-,29-,30+,32+,33+,34-,35-,36-,37+,38+,39-,40-,41-,42+,43-,44-,45-,46+,47+,48+,49+,50+,51-,52-,53+,54+,55+/m1/s1. The lowest BCUT2D eigenvalue weighted by Crippen LogP contribution is -2.68. The molecule has 0 amide bonds. The van der Waals surface area contributed by atoms with E-state index >= 15 is 0 Å². The molecule has 2 saturated carbocycles. The molecule has 27 heteroatoms. The summed E-state index contributed by atoms with van der Waals surface area (Å²) in [6, 6.07) is 0. The second-order valence-electron chi connectivity index (χ2n) is 25.9. The molecule has 15 N–H and O–H groups in total. The molecule has 6 saturated heterocycles. The minimum absolute atomic E-state index is 0.0809. The maximum absolute atomic E-state index is 12.8. The topological polar surface area (TPSA) is 422 Å². The summed E-state index contributed by atoms with van der Waals surface area (Å²) in [5.41, 5.74) is 0.638. The van der Waals surface area contributed by atoms with E-state index in [0.29, 0.717) is 19.3 Å². The van der Waals surface area contributed by atoms with Gasteiger partial charge in [-0.1, -0.05) is 45.8 Å². The number of fused-ring (bicyclic) bond motifs is 5. The monoisotopic (exact) mass is 1180 g/mol. The summed E-state index contributed by atoms with van der Waals surface area (Å²) in [7, 11) is 0. The average Bonchev–Trinajstić information content (AvgIpc) is 3.74. The van der Waals surface area contributed by atoms with Crippen LogP contribution in [0.3, 0.4) is 0 Å². The van der Waals surface area contributed by atoms with Gasteiger partial charge in [0.05, 0.1) is 51.7 Å². The van der Waals surface area contributed by atoms with Gasteiger partial charge in [-0.15, -0.1) is 0 Å². The lowest BCUT2D eigenvalue weighted by Gasteiger charge is -2.63. The molecule has 0 aromatic carbocycles. The van der Waals surface area contributed by atoms with Crippen LogP contribution < -0.4 is 0 Å². The van der Waals surface area contributed by atoms with E-state index in [4.69, 9.17) is 52.1 Å². The first-order chi connectivity index (χ1) is 38.6. The van der Waals surface area contributed by atoms with Crippen molar-refractivity contribution in [2.75, 3.05) is 33.0 Å². The second kappa shape index (κ2) is 23.6. The summed E-state index contributed by atoms with van der Waals surface area (Å²) in [6.45, 7) is 9.07. The quantitative estimate of drug-likeness (QED) is 0.0576. The van der Waals surface area contributed by atoms with Crippen LogP contribution >= 0.6 is 0 Å². The van der Waals surface area contributed by atoms with Gasteiger partial charge in [0.1, 0.15) is 115 Å². The molecular formula is C55H88O27. The summed E-state index contributed by atoms with van der Waals surface area (Å²) in [6.07, 6.45) is -36.9. The molecule has 6 aliphatic heterocycles. The van der Waals surface area contributed by atoms with Crippen molar-refractivity contribution in [3.8, 4) is 0 Å². The zero-order valence-electron chi connectivity index (χ0n) is 47.1. The van der Waals surface area contributed by atoms with Crippen molar-refractivity contribution in [1.29, 1.82) is 0 Å². The molecule has 6 heterocycles. The Balaban J connectivity index is 0.848. The predicted molar refractivity (Wildman–Crippen MR) is 271 cm³/mol. The highest BCUT2D eigenvalue weighted by Gasteiger charge is 2.73. The molecule has 10 rings (SSSR count). The Morgan fingerprint density at radius 3 is 1.74 bits per heavy atom. The number of ether oxygens (including phenoxy) is 11. The van der Waals surface area contributed by atoms with Crippen LogP contribution in [0.15, 0.2) is 11.1 Å². The van der Waals surface area contributed by atoms with Gasteiger partial charge in [-0.25, -0.2) is 0 Å². The molecule has 10 aliphatic rings. The zero-order valence-corrected chi connectivity index (χ0v) is 47.1. The number of allylic oxidation sites excluding steroid dienone is 2. The van der Waals surface area contributed by atoms with E-state index in [9.17, 15) is 81.4 Å². The van der Waals surface area contributed by atoms with Crippen molar-refractivity contribution in [2.24, 2.45) is 33.5 Å². The van der Waals surface area contributed by atoms with Crippen molar-refractivity contribution in [3.63, 3.8) is 0 Å². The number of carbonyl (C=O) groups is 1. The largest absolute Gasteiger partial charge is 0.458 e. The van der Waals surface area contributed by atoms with Crippen LogP contribution in [-0.4, -0.2) is 275 Å². The third-order valence-electron chi connectivity index (χ3n) is 21.7. The molecule has 0 aromatic rings. The summed E-state index contributed by atoms with van der Waals surface area (Å²) >= 11 is 0. The van der Waals surface area contributed by atoms with Crippen LogP contribution in [0, 0.1) is 33.5 Å². The van der Waals surface area contributed by atoms with Crippen LogP contribution in [-0.2, 0) is 56.9 Å². The molecule has 4 aliphatic carbocycles.